The Hall–Kier alpha value is -2.65. The van der Waals surface area contributed by atoms with E-state index in [1.807, 2.05) is 13.8 Å². The Kier molecular flexibility index (Phi) is 9.88. The minimum absolute atomic E-state index is 0.0540. The second kappa shape index (κ2) is 12.2. The molecule has 2 aromatic rings. The molecular formula is C24H31ClFN3O4S. The minimum Gasteiger partial charge on any atom is -0.354 e. The van der Waals surface area contributed by atoms with Gasteiger partial charge in [-0.15, -0.1) is 0 Å². The lowest BCUT2D eigenvalue weighted by Crippen LogP contribution is -2.52. The molecule has 34 heavy (non-hydrogen) atoms. The molecular weight excluding hydrogens is 481 g/mol. The van der Waals surface area contributed by atoms with Crippen molar-refractivity contribution in [2.45, 2.75) is 39.8 Å². The van der Waals surface area contributed by atoms with E-state index in [4.69, 9.17) is 11.6 Å². The summed E-state index contributed by atoms with van der Waals surface area (Å²) in [6.07, 6.45) is 1.21. The van der Waals surface area contributed by atoms with Gasteiger partial charge in [0.05, 0.1) is 11.9 Å². The molecule has 10 heteroatoms. The highest BCUT2D eigenvalue weighted by molar-refractivity contribution is 7.92. The number of sulfonamides is 1. The normalized spacial score (nSPS) is 12.3. The van der Waals surface area contributed by atoms with E-state index in [2.05, 4.69) is 5.32 Å². The fourth-order valence-electron chi connectivity index (χ4n) is 3.38. The maximum absolute atomic E-state index is 14.4. The zero-order valence-corrected chi connectivity index (χ0v) is 21.4. The van der Waals surface area contributed by atoms with Crippen LogP contribution in [0.2, 0.25) is 5.02 Å². The first-order chi connectivity index (χ1) is 15.9. The van der Waals surface area contributed by atoms with Gasteiger partial charge in [0.2, 0.25) is 21.8 Å². The molecule has 2 amide bonds. The SMILES string of the molecule is CC[C@@H](C(=O)NCC(C)C)N(Cc1ccc(Cl)cc1)C(=O)CN(c1ccccc1F)S(C)(=O)=O. The Morgan fingerprint density at radius 1 is 1.09 bits per heavy atom. The predicted octanol–water partition coefficient (Wildman–Crippen LogP) is 3.82. The van der Waals surface area contributed by atoms with E-state index >= 15 is 0 Å². The fraction of sp³-hybridized carbons (Fsp3) is 0.417. The van der Waals surface area contributed by atoms with E-state index in [1.165, 1.54) is 23.1 Å². The van der Waals surface area contributed by atoms with Crippen molar-refractivity contribution in [2.24, 2.45) is 5.92 Å². The van der Waals surface area contributed by atoms with Gasteiger partial charge in [-0.1, -0.05) is 56.6 Å². The number of carbonyl (C=O) groups excluding carboxylic acids is 2. The second-order valence-corrected chi connectivity index (χ2v) is 10.8. The van der Waals surface area contributed by atoms with Crippen molar-refractivity contribution in [1.82, 2.24) is 10.2 Å². The van der Waals surface area contributed by atoms with Crippen LogP contribution < -0.4 is 9.62 Å². The zero-order chi connectivity index (χ0) is 25.5. The van der Waals surface area contributed by atoms with Crippen LogP contribution in [0.1, 0.15) is 32.8 Å². The molecule has 0 aromatic heterocycles. The topological polar surface area (TPSA) is 86.8 Å². The van der Waals surface area contributed by atoms with Crippen molar-refractivity contribution in [2.75, 3.05) is 23.7 Å². The summed E-state index contributed by atoms with van der Waals surface area (Å²) in [6, 6.07) is 11.3. The van der Waals surface area contributed by atoms with E-state index in [-0.39, 0.29) is 24.1 Å². The van der Waals surface area contributed by atoms with Crippen LogP contribution in [-0.2, 0) is 26.2 Å². The van der Waals surface area contributed by atoms with Crippen molar-refractivity contribution in [1.29, 1.82) is 0 Å². The van der Waals surface area contributed by atoms with E-state index in [1.54, 1.807) is 31.2 Å². The molecule has 0 radical (unpaired) electrons. The summed E-state index contributed by atoms with van der Waals surface area (Å²) < 4.78 is 40.1. The molecule has 0 aliphatic carbocycles. The van der Waals surface area contributed by atoms with Crippen LogP contribution in [0.15, 0.2) is 48.5 Å². The molecule has 1 N–H and O–H groups in total. The standard InChI is InChI=1S/C24H31ClFN3O4S/c1-5-21(24(31)27-14-17(2)3)28(15-18-10-12-19(25)13-11-18)23(30)16-29(34(4,32)33)22-9-7-6-8-20(22)26/h6-13,17,21H,5,14-16H2,1-4H3,(H,27,31)/t21-/m0/s1. The Labute approximate surface area is 205 Å². The maximum Gasteiger partial charge on any atom is 0.244 e. The van der Waals surface area contributed by atoms with E-state index in [9.17, 15) is 22.4 Å². The van der Waals surface area contributed by atoms with Crippen molar-refractivity contribution in [3.63, 3.8) is 0 Å². The first kappa shape index (κ1) is 27.6. The van der Waals surface area contributed by atoms with Gasteiger partial charge in [0.25, 0.3) is 0 Å². The van der Waals surface area contributed by atoms with Crippen LogP contribution in [0.25, 0.3) is 0 Å². The van der Waals surface area contributed by atoms with Crippen LogP contribution in [0.5, 0.6) is 0 Å². The predicted molar refractivity (Wildman–Crippen MR) is 133 cm³/mol. The summed E-state index contributed by atoms with van der Waals surface area (Å²) in [5.74, 6) is -1.53. The molecule has 0 aliphatic heterocycles. The monoisotopic (exact) mass is 511 g/mol. The molecule has 2 rings (SSSR count). The smallest absolute Gasteiger partial charge is 0.244 e. The van der Waals surface area contributed by atoms with Crippen molar-refractivity contribution in [3.8, 4) is 0 Å². The number of anilines is 1. The summed E-state index contributed by atoms with van der Waals surface area (Å²) in [7, 11) is -3.99. The van der Waals surface area contributed by atoms with Gasteiger partial charge < -0.3 is 10.2 Å². The average molecular weight is 512 g/mol. The highest BCUT2D eigenvalue weighted by atomic mass is 35.5. The van der Waals surface area contributed by atoms with E-state index in [0.717, 1.165) is 16.6 Å². The first-order valence-electron chi connectivity index (χ1n) is 11.0. The summed E-state index contributed by atoms with van der Waals surface area (Å²) in [4.78, 5) is 27.8. The number of nitrogens with one attached hydrogen (secondary N) is 1. The molecule has 0 unspecified atom stereocenters. The summed E-state index contributed by atoms with van der Waals surface area (Å²) in [6.45, 7) is 5.52. The van der Waals surface area contributed by atoms with Crippen LogP contribution in [-0.4, -0.2) is 50.5 Å². The van der Waals surface area contributed by atoms with E-state index < -0.39 is 34.3 Å². The molecule has 0 saturated carbocycles. The quantitative estimate of drug-likeness (QED) is 0.497. The van der Waals surface area contributed by atoms with Gasteiger partial charge in [0.15, 0.2) is 0 Å². The number of nitrogens with zero attached hydrogens (tertiary/aromatic N) is 2. The lowest BCUT2D eigenvalue weighted by atomic mass is 10.1. The molecule has 0 bridgehead atoms. The summed E-state index contributed by atoms with van der Waals surface area (Å²) >= 11 is 5.97. The zero-order valence-electron chi connectivity index (χ0n) is 19.8. The molecule has 0 spiro atoms. The molecule has 1 atom stereocenters. The highest BCUT2D eigenvalue weighted by Crippen LogP contribution is 2.23. The molecule has 0 aliphatic rings. The molecule has 0 heterocycles. The van der Waals surface area contributed by atoms with Gasteiger partial charge in [-0.3, -0.25) is 13.9 Å². The van der Waals surface area contributed by atoms with Gasteiger partial charge in [-0.2, -0.15) is 0 Å². The van der Waals surface area contributed by atoms with E-state index in [0.29, 0.717) is 23.6 Å². The van der Waals surface area contributed by atoms with Crippen LogP contribution >= 0.6 is 11.6 Å². The van der Waals surface area contributed by atoms with Crippen LogP contribution in [0.4, 0.5) is 10.1 Å². The van der Waals surface area contributed by atoms with Crippen LogP contribution in [0, 0.1) is 11.7 Å². The first-order valence-corrected chi connectivity index (χ1v) is 13.2. The largest absolute Gasteiger partial charge is 0.354 e. The number of hydrogen-bond acceptors (Lipinski definition) is 4. The lowest BCUT2D eigenvalue weighted by Gasteiger charge is -2.33. The minimum atomic E-state index is -3.99. The average Bonchev–Trinajstić information content (AvgIpc) is 2.77. The Balaban J connectivity index is 2.42. The van der Waals surface area contributed by atoms with Crippen molar-refractivity contribution >= 4 is 39.1 Å². The lowest BCUT2D eigenvalue weighted by molar-refractivity contribution is -0.140. The summed E-state index contributed by atoms with van der Waals surface area (Å²) in [5.41, 5.74) is 0.478. The van der Waals surface area contributed by atoms with Gasteiger partial charge in [0.1, 0.15) is 18.4 Å². The molecule has 186 valence electrons. The third kappa shape index (κ3) is 7.70. The van der Waals surface area contributed by atoms with Gasteiger partial charge >= 0.3 is 0 Å². The number of halogens is 2. The van der Waals surface area contributed by atoms with Crippen LogP contribution in [0.3, 0.4) is 0 Å². The number of hydrogen-bond donors (Lipinski definition) is 1. The number of rotatable bonds is 11. The van der Waals surface area contributed by atoms with Gasteiger partial charge in [-0.25, -0.2) is 12.8 Å². The third-order valence-corrected chi connectivity index (χ3v) is 6.52. The second-order valence-electron chi connectivity index (χ2n) is 8.43. The highest BCUT2D eigenvalue weighted by Gasteiger charge is 2.32. The van der Waals surface area contributed by atoms with Gasteiger partial charge in [-0.05, 0) is 42.2 Å². The fourth-order valence-corrected chi connectivity index (χ4v) is 4.35. The number of amides is 2. The molecule has 2 aromatic carbocycles. The number of benzene rings is 2. The molecule has 0 saturated heterocycles. The molecule has 0 fully saturated rings. The number of carbonyl (C=O) groups is 2. The Morgan fingerprint density at radius 2 is 1.71 bits per heavy atom. The Bertz CT molecular complexity index is 1090. The number of para-hydroxylation sites is 1. The Morgan fingerprint density at radius 3 is 2.24 bits per heavy atom. The third-order valence-electron chi connectivity index (χ3n) is 5.14. The maximum atomic E-state index is 14.4. The van der Waals surface area contributed by atoms with Crippen molar-refractivity contribution in [3.05, 3.63) is 64.9 Å². The van der Waals surface area contributed by atoms with Gasteiger partial charge in [0, 0.05) is 18.1 Å². The molecule has 7 nitrogen and oxygen atoms in total. The summed E-state index contributed by atoms with van der Waals surface area (Å²) in [5, 5.41) is 3.36. The van der Waals surface area contributed by atoms with Crippen molar-refractivity contribution < 1.29 is 22.4 Å².